The van der Waals surface area contributed by atoms with Crippen molar-refractivity contribution in [2.24, 2.45) is 0 Å². The van der Waals surface area contributed by atoms with E-state index < -0.39 is 5.60 Å². The number of amides is 1. The molecular formula is C16H24BrN3O2. The molecule has 1 aliphatic rings. The first-order valence-electron chi connectivity index (χ1n) is 7.66. The van der Waals surface area contributed by atoms with Gasteiger partial charge in [-0.15, -0.1) is 0 Å². The first kappa shape index (κ1) is 17.2. The van der Waals surface area contributed by atoms with Crippen molar-refractivity contribution in [1.82, 2.24) is 15.2 Å². The molecule has 5 nitrogen and oxygen atoms in total. The summed E-state index contributed by atoms with van der Waals surface area (Å²) in [5.74, 6) is 0. The van der Waals surface area contributed by atoms with Gasteiger partial charge in [0, 0.05) is 31.9 Å². The maximum Gasteiger partial charge on any atom is 0.410 e. The standard InChI is InChI=1S/C16H24BrN3O2/c1-16(2,3)22-15(21)20-8-4-5-13(20)11-18-10-12-6-7-19-14(17)9-12/h6-7,9,13,18H,4-5,8,10-11H2,1-3H3. The van der Waals surface area contributed by atoms with Gasteiger partial charge in [0.1, 0.15) is 10.2 Å². The van der Waals surface area contributed by atoms with Crippen molar-refractivity contribution in [3.8, 4) is 0 Å². The molecule has 0 aliphatic carbocycles. The molecule has 2 heterocycles. The van der Waals surface area contributed by atoms with Crippen molar-refractivity contribution in [1.29, 1.82) is 0 Å². The van der Waals surface area contributed by atoms with Crippen LogP contribution in [0.25, 0.3) is 0 Å². The van der Waals surface area contributed by atoms with Crippen molar-refractivity contribution in [2.75, 3.05) is 13.1 Å². The summed E-state index contributed by atoms with van der Waals surface area (Å²) in [5.41, 5.74) is 0.727. The zero-order chi connectivity index (χ0) is 16.2. The van der Waals surface area contributed by atoms with Crippen LogP contribution in [0.15, 0.2) is 22.9 Å². The monoisotopic (exact) mass is 369 g/mol. The van der Waals surface area contributed by atoms with Gasteiger partial charge >= 0.3 is 6.09 Å². The second-order valence-corrected chi connectivity index (χ2v) is 7.40. The van der Waals surface area contributed by atoms with Crippen LogP contribution in [0.3, 0.4) is 0 Å². The molecule has 0 saturated carbocycles. The SMILES string of the molecule is CC(C)(C)OC(=O)N1CCCC1CNCc1ccnc(Br)c1. The number of likely N-dealkylation sites (tertiary alicyclic amines) is 1. The van der Waals surface area contributed by atoms with Gasteiger partial charge < -0.3 is 15.0 Å². The third-order valence-electron chi connectivity index (χ3n) is 3.51. The van der Waals surface area contributed by atoms with Gasteiger partial charge in [0.05, 0.1) is 0 Å². The predicted molar refractivity (Wildman–Crippen MR) is 89.6 cm³/mol. The number of pyridine rings is 1. The Morgan fingerprint density at radius 1 is 1.55 bits per heavy atom. The fraction of sp³-hybridized carbons (Fsp3) is 0.625. The highest BCUT2D eigenvalue weighted by atomic mass is 79.9. The van der Waals surface area contributed by atoms with Crippen molar-refractivity contribution in [2.45, 2.75) is 51.8 Å². The third kappa shape index (κ3) is 5.25. The van der Waals surface area contributed by atoms with Gasteiger partial charge in [-0.1, -0.05) is 0 Å². The Labute approximate surface area is 140 Å². The molecule has 2 rings (SSSR count). The molecule has 0 bridgehead atoms. The van der Waals surface area contributed by atoms with E-state index in [1.165, 1.54) is 5.56 Å². The van der Waals surface area contributed by atoms with E-state index >= 15 is 0 Å². The number of carbonyl (C=O) groups excluding carboxylic acids is 1. The normalized spacial score (nSPS) is 18.5. The van der Waals surface area contributed by atoms with Crippen LogP contribution in [0.5, 0.6) is 0 Å². The average Bonchev–Trinajstić information content (AvgIpc) is 2.85. The second kappa shape index (κ2) is 7.42. The number of rotatable bonds is 4. The average molecular weight is 370 g/mol. The van der Waals surface area contributed by atoms with Gasteiger partial charge in [-0.2, -0.15) is 0 Å². The number of nitrogens with one attached hydrogen (secondary N) is 1. The first-order valence-corrected chi connectivity index (χ1v) is 8.45. The summed E-state index contributed by atoms with van der Waals surface area (Å²) in [6.07, 6.45) is 3.63. The fourth-order valence-corrected chi connectivity index (χ4v) is 2.96. The number of ether oxygens (including phenoxy) is 1. The van der Waals surface area contributed by atoms with Crippen LogP contribution in [-0.2, 0) is 11.3 Å². The van der Waals surface area contributed by atoms with Crippen molar-refractivity contribution >= 4 is 22.0 Å². The van der Waals surface area contributed by atoms with Crippen LogP contribution >= 0.6 is 15.9 Å². The molecule has 1 aromatic rings. The number of carbonyl (C=O) groups is 1. The van der Waals surface area contributed by atoms with E-state index in [1.807, 2.05) is 37.8 Å². The summed E-state index contributed by atoms with van der Waals surface area (Å²) < 4.78 is 6.31. The second-order valence-electron chi connectivity index (χ2n) is 6.59. The molecule has 122 valence electrons. The van der Waals surface area contributed by atoms with Gasteiger partial charge in [0.25, 0.3) is 0 Å². The van der Waals surface area contributed by atoms with Crippen LogP contribution in [0.2, 0.25) is 0 Å². The lowest BCUT2D eigenvalue weighted by Crippen LogP contribution is -2.44. The molecule has 1 unspecified atom stereocenters. The molecule has 6 heteroatoms. The first-order chi connectivity index (χ1) is 10.3. The molecule has 1 aliphatic heterocycles. The number of hydrogen-bond donors (Lipinski definition) is 1. The predicted octanol–water partition coefficient (Wildman–Crippen LogP) is 3.33. The highest BCUT2D eigenvalue weighted by Crippen LogP contribution is 2.20. The van der Waals surface area contributed by atoms with Crippen LogP contribution < -0.4 is 5.32 Å². The van der Waals surface area contributed by atoms with Crippen LogP contribution in [0.4, 0.5) is 4.79 Å². The smallest absolute Gasteiger partial charge is 0.410 e. The molecule has 0 spiro atoms. The van der Waals surface area contributed by atoms with Crippen LogP contribution in [-0.4, -0.2) is 40.7 Å². The molecule has 1 atom stereocenters. The molecule has 22 heavy (non-hydrogen) atoms. The summed E-state index contributed by atoms with van der Waals surface area (Å²) >= 11 is 3.37. The number of nitrogens with zero attached hydrogens (tertiary/aromatic N) is 2. The quantitative estimate of drug-likeness (QED) is 0.826. The van der Waals surface area contributed by atoms with Gasteiger partial charge in [0.15, 0.2) is 0 Å². The van der Waals surface area contributed by atoms with E-state index in [0.717, 1.165) is 37.1 Å². The topological polar surface area (TPSA) is 54.5 Å². The molecule has 0 radical (unpaired) electrons. The lowest BCUT2D eigenvalue weighted by molar-refractivity contribution is 0.0226. The van der Waals surface area contributed by atoms with E-state index in [0.29, 0.717) is 0 Å². The Kier molecular flexibility index (Phi) is 5.81. The molecule has 1 saturated heterocycles. The highest BCUT2D eigenvalue weighted by molar-refractivity contribution is 9.10. The zero-order valence-corrected chi connectivity index (χ0v) is 15.0. The summed E-state index contributed by atoms with van der Waals surface area (Å²) in [6, 6.07) is 4.19. The number of halogens is 1. The van der Waals surface area contributed by atoms with E-state index in [1.54, 1.807) is 6.20 Å². The number of aromatic nitrogens is 1. The lowest BCUT2D eigenvalue weighted by atomic mass is 10.2. The molecule has 1 amide bonds. The maximum atomic E-state index is 12.2. The van der Waals surface area contributed by atoms with Crippen molar-refractivity contribution < 1.29 is 9.53 Å². The van der Waals surface area contributed by atoms with Gasteiger partial charge in [-0.05, 0) is 67.2 Å². The van der Waals surface area contributed by atoms with E-state index in [-0.39, 0.29) is 12.1 Å². The Balaban J connectivity index is 1.82. The van der Waals surface area contributed by atoms with E-state index in [9.17, 15) is 4.79 Å². The molecule has 1 N–H and O–H groups in total. The molecule has 0 aromatic carbocycles. The minimum absolute atomic E-state index is 0.205. The third-order valence-corrected chi connectivity index (χ3v) is 3.94. The largest absolute Gasteiger partial charge is 0.444 e. The van der Waals surface area contributed by atoms with Crippen LogP contribution in [0.1, 0.15) is 39.2 Å². The minimum Gasteiger partial charge on any atom is -0.444 e. The lowest BCUT2D eigenvalue weighted by Gasteiger charge is -2.28. The summed E-state index contributed by atoms with van der Waals surface area (Å²) in [4.78, 5) is 18.2. The van der Waals surface area contributed by atoms with E-state index in [2.05, 4.69) is 26.2 Å². The van der Waals surface area contributed by atoms with Gasteiger partial charge in [-0.3, -0.25) is 0 Å². The van der Waals surface area contributed by atoms with Crippen LogP contribution in [0, 0.1) is 0 Å². The van der Waals surface area contributed by atoms with Crippen molar-refractivity contribution in [3.05, 3.63) is 28.5 Å². The minimum atomic E-state index is -0.443. The number of hydrogen-bond acceptors (Lipinski definition) is 4. The Morgan fingerprint density at radius 3 is 3.00 bits per heavy atom. The Morgan fingerprint density at radius 2 is 2.32 bits per heavy atom. The van der Waals surface area contributed by atoms with Crippen molar-refractivity contribution in [3.63, 3.8) is 0 Å². The summed E-state index contributed by atoms with van der Waals surface area (Å²) in [5, 5.41) is 3.42. The molecule has 1 fully saturated rings. The Bertz CT molecular complexity index is 516. The summed E-state index contributed by atoms with van der Waals surface area (Å²) in [7, 11) is 0. The highest BCUT2D eigenvalue weighted by Gasteiger charge is 2.31. The maximum absolute atomic E-state index is 12.2. The Hall–Kier alpha value is -1.14. The fourth-order valence-electron chi connectivity index (χ4n) is 2.54. The van der Waals surface area contributed by atoms with Gasteiger partial charge in [-0.25, -0.2) is 9.78 Å². The zero-order valence-electron chi connectivity index (χ0n) is 13.4. The molecular weight excluding hydrogens is 346 g/mol. The molecule has 1 aromatic heterocycles. The van der Waals surface area contributed by atoms with Gasteiger partial charge in [0.2, 0.25) is 0 Å². The summed E-state index contributed by atoms with van der Waals surface area (Å²) in [6.45, 7) is 8.02. The van der Waals surface area contributed by atoms with E-state index in [4.69, 9.17) is 4.74 Å².